The van der Waals surface area contributed by atoms with Crippen LogP contribution in [0.25, 0.3) is 0 Å². The average Bonchev–Trinajstić information content (AvgIpc) is 2.54. The number of nitrogens with two attached hydrogens (primary N) is 1. The number of anilines is 2. The van der Waals surface area contributed by atoms with Crippen molar-refractivity contribution < 1.29 is 23.1 Å². The molecule has 4 N–H and O–H groups in total. The normalized spacial score (nSPS) is 10.3. The van der Waals surface area contributed by atoms with E-state index in [1.54, 1.807) is 24.3 Å². The second-order valence-electron chi connectivity index (χ2n) is 4.75. The van der Waals surface area contributed by atoms with Gasteiger partial charge in [0.1, 0.15) is 5.75 Å². The fourth-order valence-electron chi connectivity index (χ4n) is 1.86. The minimum absolute atomic E-state index is 0.00873. The standard InChI is InChI=1S/C16H15F2N3O3/c17-16(18)24-13-7-5-12(6-8-13)21-14(22)9-20-11-3-1-10(2-4-11)15(19)23/h1-8,16,20H,9H2,(H2,19,23)(H,21,22). The number of hydrogen-bond acceptors (Lipinski definition) is 4. The van der Waals surface area contributed by atoms with Gasteiger partial charge >= 0.3 is 6.61 Å². The highest BCUT2D eigenvalue weighted by Gasteiger charge is 2.06. The maximum Gasteiger partial charge on any atom is 0.387 e. The summed E-state index contributed by atoms with van der Waals surface area (Å²) in [6, 6.07) is 11.9. The number of amides is 2. The number of carbonyl (C=O) groups is 2. The van der Waals surface area contributed by atoms with Crippen LogP contribution in [0.15, 0.2) is 48.5 Å². The molecule has 0 aliphatic rings. The molecule has 0 unspecified atom stereocenters. The van der Waals surface area contributed by atoms with Gasteiger partial charge in [-0.1, -0.05) is 0 Å². The van der Waals surface area contributed by atoms with Crippen molar-refractivity contribution in [3.8, 4) is 5.75 Å². The number of benzene rings is 2. The van der Waals surface area contributed by atoms with Gasteiger partial charge in [0, 0.05) is 16.9 Å². The van der Waals surface area contributed by atoms with Crippen LogP contribution < -0.4 is 21.1 Å². The van der Waals surface area contributed by atoms with Crippen LogP contribution in [0.1, 0.15) is 10.4 Å². The molecular weight excluding hydrogens is 320 g/mol. The molecule has 0 saturated carbocycles. The first-order valence-electron chi connectivity index (χ1n) is 6.92. The molecule has 0 bridgehead atoms. The van der Waals surface area contributed by atoms with Crippen molar-refractivity contribution in [1.82, 2.24) is 0 Å². The summed E-state index contributed by atoms with van der Waals surface area (Å²) in [5.41, 5.74) is 6.61. The van der Waals surface area contributed by atoms with E-state index in [0.29, 0.717) is 16.9 Å². The van der Waals surface area contributed by atoms with Gasteiger partial charge in [-0.15, -0.1) is 0 Å². The van der Waals surface area contributed by atoms with Crippen LogP contribution in [0.2, 0.25) is 0 Å². The molecule has 0 radical (unpaired) electrons. The van der Waals surface area contributed by atoms with Crippen molar-refractivity contribution >= 4 is 23.2 Å². The zero-order chi connectivity index (χ0) is 17.5. The minimum atomic E-state index is -2.89. The second kappa shape index (κ2) is 7.91. The van der Waals surface area contributed by atoms with E-state index < -0.39 is 12.5 Å². The molecule has 2 aromatic rings. The number of ether oxygens (including phenoxy) is 1. The van der Waals surface area contributed by atoms with Gasteiger partial charge < -0.3 is 21.1 Å². The fraction of sp³-hybridized carbons (Fsp3) is 0.125. The summed E-state index contributed by atoms with van der Waals surface area (Å²) in [6.07, 6.45) is 0. The molecule has 0 aromatic heterocycles. The lowest BCUT2D eigenvalue weighted by atomic mass is 10.2. The van der Waals surface area contributed by atoms with Crippen molar-refractivity contribution in [1.29, 1.82) is 0 Å². The molecule has 0 heterocycles. The lowest BCUT2D eigenvalue weighted by Crippen LogP contribution is -2.21. The summed E-state index contributed by atoms with van der Waals surface area (Å²) >= 11 is 0. The first-order valence-corrected chi connectivity index (χ1v) is 6.92. The van der Waals surface area contributed by atoms with Gasteiger partial charge in [0.15, 0.2) is 0 Å². The molecule has 0 aliphatic heterocycles. The fourth-order valence-corrected chi connectivity index (χ4v) is 1.86. The van der Waals surface area contributed by atoms with Gasteiger partial charge in [-0.25, -0.2) is 0 Å². The average molecular weight is 335 g/mol. The van der Waals surface area contributed by atoms with E-state index in [-0.39, 0.29) is 18.2 Å². The van der Waals surface area contributed by atoms with Crippen LogP contribution in [0.3, 0.4) is 0 Å². The number of alkyl halides is 2. The molecular formula is C16H15F2N3O3. The lowest BCUT2D eigenvalue weighted by Gasteiger charge is -2.09. The molecule has 0 aliphatic carbocycles. The Morgan fingerprint density at radius 1 is 1.00 bits per heavy atom. The molecule has 126 valence electrons. The van der Waals surface area contributed by atoms with Gasteiger partial charge in [-0.2, -0.15) is 8.78 Å². The Bertz CT molecular complexity index is 704. The number of nitrogens with one attached hydrogen (secondary N) is 2. The molecule has 8 heteroatoms. The Labute approximate surface area is 136 Å². The van der Waals surface area contributed by atoms with Crippen LogP contribution in [0, 0.1) is 0 Å². The summed E-state index contributed by atoms with van der Waals surface area (Å²) in [6.45, 7) is -2.90. The van der Waals surface area contributed by atoms with E-state index in [1.807, 2.05) is 0 Å². The molecule has 0 fully saturated rings. The van der Waals surface area contributed by atoms with E-state index >= 15 is 0 Å². The monoisotopic (exact) mass is 335 g/mol. The van der Waals surface area contributed by atoms with Crippen LogP contribution in [0.5, 0.6) is 5.75 Å². The number of halogens is 2. The van der Waals surface area contributed by atoms with E-state index in [2.05, 4.69) is 15.4 Å². The van der Waals surface area contributed by atoms with Crippen molar-refractivity contribution in [2.45, 2.75) is 6.61 Å². The number of carbonyl (C=O) groups excluding carboxylic acids is 2. The largest absolute Gasteiger partial charge is 0.435 e. The number of primary amides is 1. The summed E-state index contributed by atoms with van der Waals surface area (Å²) in [4.78, 5) is 22.8. The van der Waals surface area contributed by atoms with Crippen LogP contribution >= 0.6 is 0 Å². The summed E-state index contributed by atoms with van der Waals surface area (Å²) in [5.74, 6) is -0.842. The Hall–Kier alpha value is -3.16. The van der Waals surface area contributed by atoms with Crippen LogP contribution in [-0.2, 0) is 4.79 Å². The summed E-state index contributed by atoms with van der Waals surface area (Å²) < 4.78 is 28.3. The maximum absolute atomic E-state index is 12.0. The summed E-state index contributed by atoms with van der Waals surface area (Å²) in [7, 11) is 0. The molecule has 2 rings (SSSR count). The Morgan fingerprint density at radius 2 is 1.58 bits per heavy atom. The predicted octanol–water partition coefficient (Wildman–Crippen LogP) is 2.44. The smallest absolute Gasteiger partial charge is 0.387 e. The molecule has 6 nitrogen and oxygen atoms in total. The first-order chi connectivity index (χ1) is 11.4. The van der Waals surface area contributed by atoms with E-state index in [0.717, 1.165) is 0 Å². The SMILES string of the molecule is NC(=O)c1ccc(NCC(=O)Nc2ccc(OC(F)F)cc2)cc1. The second-order valence-corrected chi connectivity index (χ2v) is 4.75. The van der Waals surface area contributed by atoms with Crippen molar-refractivity contribution in [3.63, 3.8) is 0 Å². The zero-order valence-electron chi connectivity index (χ0n) is 12.5. The maximum atomic E-state index is 12.0. The molecule has 2 amide bonds. The highest BCUT2D eigenvalue weighted by atomic mass is 19.3. The van der Waals surface area contributed by atoms with Crippen molar-refractivity contribution in [3.05, 3.63) is 54.1 Å². The van der Waals surface area contributed by atoms with Crippen molar-refractivity contribution in [2.24, 2.45) is 5.73 Å². The van der Waals surface area contributed by atoms with Gasteiger partial charge in [-0.05, 0) is 48.5 Å². The molecule has 0 saturated heterocycles. The predicted molar refractivity (Wildman–Crippen MR) is 85.2 cm³/mol. The highest BCUT2D eigenvalue weighted by molar-refractivity contribution is 5.94. The quantitative estimate of drug-likeness (QED) is 0.724. The highest BCUT2D eigenvalue weighted by Crippen LogP contribution is 2.17. The topological polar surface area (TPSA) is 93.5 Å². The third kappa shape index (κ3) is 5.24. The lowest BCUT2D eigenvalue weighted by molar-refractivity contribution is -0.114. The number of rotatable bonds is 7. The van der Waals surface area contributed by atoms with Gasteiger partial charge in [0.05, 0.1) is 6.54 Å². The van der Waals surface area contributed by atoms with Gasteiger partial charge in [0.25, 0.3) is 0 Å². The Morgan fingerprint density at radius 3 is 2.12 bits per heavy atom. The number of hydrogen-bond donors (Lipinski definition) is 3. The van der Waals surface area contributed by atoms with Crippen LogP contribution in [0.4, 0.5) is 20.2 Å². The van der Waals surface area contributed by atoms with Gasteiger partial charge in [-0.3, -0.25) is 9.59 Å². The molecule has 24 heavy (non-hydrogen) atoms. The van der Waals surface area contributed by atoms with E-state index in [4.69, 9.17) is 5.73 Å². The third-order valence-corrected chi connectivity index (χ3v) is 2.99. The Balaban J connectivity index is 1.83. The zero-order valence-corrected chi connectivity index (χ0v) is 12.5. The third-order valence-electron chi connectivity index (χ3n) is 2.99. The first kappa shape index (κ1) is 17.2. The Kier molecular flexibility index (Phi) is 5.67. The summed E-state index contributed by atoms with van der Waals surface area (Å²) in [5, 5.41) is 5.48. The molecule has 2 aromatic carbocycles. The van der Waals surface area contributed by atoms with Crippen molar-refractivity contribution in [2.75, 3.05) is 17.2 Å². The van der Waals surface area contributed by atoms with Crippen LogP contribution in [-0.4, -0.2) is 25.0 Å². The molecule has 0 spiro atoms. The minimum Gasteiger partial charge on any atom is -0.435 e. The molecule has 0 atom stereocenters. The van der Waals surface area contributed by atoms with E-state index in [9.17, 15) is 18.4 Å². The van der Waals surface area contributed by atoms with Gasteiger partial charge in [0.2, 0.25) is 11.8 Å². The van der Waals surface area contributed by atoms with E-state index in [1.165, 1.54) is 24.3 Å².